The first-order valence-electron chi connectivity index (χ1n) is 10.7. The third kappa shape index (κ3) is 5.85. The normalized spacial score (nSPS) is 13.4. The minimum atomic E-state index is -3.51. The van der Waals surface area contributed by atoms with Crippen LogP contribution in [0, 0.1) is 0 Å². The number of amides is 2. The molecule has 7 nitrogen and oxygen atoms in total. The van der Waals surface area contributed by atoms with E-state index in [1.54, 1.807) is 48.3 Å². The minimum absolute atomic E-state index is 0.0425. The number of anilines is 2. The Kier molecular flexibility index (Phi) is 6.57. The molecule has 1 aliphatic carbocycles. The molecule has 3 aromatic rings. The molecule has 0 spiro atoms. The van der Waals surface area contributed by atoms with Crippen molar-refractivity contribution < 1.29 is 18.0 Å². The van der Waals surface area contributed by atoms with Crippen molar-refractivity contribution in [1.82, 2.24) is 4.72 Å². The number of hydrogen-bond donors (Lipinski definition) is 2. The van der Waals surface area contributed by atoms with Gasteiger partial charge in [0.2, 0.25) is 15.9 Å². The number of nitrogens with one attached hydrogen (secondary N) is 2. The van der Waals surface area contributed by atoms with Crippen molar-refractivity contribution in [1.29, 1.82) is 0 Å². The van der Waals surface area contributed by atoms with Gasteiger partial charge < -0.3 is 10.2 Å². The van der Waals surface area contributed by atoms with Crippen molar-refractivity contribution in [3.63, 3.8) is 0 Å². The highest BCUT2D eigenvalue weighted by Crippen LogP contribution is 2.22. The second kappa shape index (κ2) is 9.56. The summed E-state index contributed by atoms with van der Waals surface area (Å²) in [6.45, 7) is 0. The smallest absolute Gasteiger partial charge is 0.258 e. The van der Waals surface area contributed by atoms with Crippen LogP contribution >= 0.6 is 0 Å². The Morgan fingerprint density at radius 3 is 2.15 bits per heavy atom. The zero-order valence-electron chi connectivity index (χ0n) is 18.2. The maximum Gasteiger partial charge on any atom is 0.258 e. The maximum absolute atomic E-state index is 12.7. The summed E-state index contributed by atoms with van der Waals surface area (Å²) in [4.78, 5) is 26.8. The number of carbonyl (C=O) groups excluding carboxylic acids is 2. The maximum atomic E-state index is 12.7. The highest BCUT2D eigenvalue weighted by molar-refractivity contribution is 7.89. The number of hydrogen-bond acceptors (Lipinski definition) is 4. The summed E-state index contributed by atoms with van der Waals surface area (Å²) in [5.74, 6) is -0.382. The van der Waals surface area contributed by atoms with E-state index >= 15 is 0 Å². The van der Waals surface area contributed by atoms with Crippen LogP contribution in [0.3, 0.4) is 0 Å². The lowest BCUT2D eigenvalue weighted by Gasteiger charge is -2.17. The summed E-state index contributed by atoms with van der Waals surface area (Å²) >= 11 is 0. The molecular weight excluding hydrogens is 438 g/mol. The standard InChI is InChI=1S/C25H25N3O4S/c1-28(22-5-3-2-4-6-22)25(30)19-9-11-20(12-10-19)26-24(29)17-18-7-15-23(16-8-18)33(31,32)27-21-13-14-21/h2-12,15-16,21,27H,13-14,17H2,1H3,(H,26,29). The fraction of sp³-hybridized carbons (Fsp3) is 0.200. The van der Waals surface area contributed by atoms with E-state index in [9.17, 15) is 18.0 Å². The van der Waals surface area contributed by atoms with Crippen LogP contribution in [0.1, 0.15) is 28.8 Å². The molecule has 33 heavy (non-hydrogen) atoms. The van der Waals surface area contributed by atoms with Crippen LogP contribution in [0.2, 0.25) is 0 Å². The van der Waals surface area contributed by atoms with E-state index in [-0.39, 0.29) is 29.2 Å². The van der Waals surface area contributed by atoms with Crippen molar-refractivity contribution in [2.45, 2.75) is 30.2 Å². The van der Waals surface area contributed by atoms with E-state index in [4.69, 9.17) is 0 Å². The van der Waals surface area contributed by atoms with Crippen LogP contribution < -0.4 is 14.9 Å². The lowest BCUT2D eigenvalue weighted by molar-refractivity contribution is -0.115. The van der Waals surface area contributed by atoms with E-state index in [1.165, 1.54) is 12.1 Å². The van der Waals surface area contributed by atoms with Gasteiger partial charge in [0.25, 0.3) is 5.91 Å². The molecule has 3 aromatic carbocycles. The van der Waals surface area contributed by atoms with Crippen molar-refractivity contribution in [2.24, 2.45) is 0 Å². The molecule has 0 radical (unpaired) electrons. The van der Waals surface area contributed by atoms with Gasteiger partial charge >= 0.3 is 0 Å². The molecule has 170 valence electrons. The Labute approximate surface area is 193 Å². The summed E-state index contributed by atoms with van der Waals surface area (Å²) < 4.78 is 27.1. The van der Waals surface area contributed by atoms with Crippen molar-refractivity contribution in [2.75, 3.05) is 17.3 Å². The highest BCUT2D eigenvalue weighted by Gasteiger charge is 2.27. The Morgan fingerprint density at radius 1 is 0.909 bits per heavy atom. The molecule has 1 saturated carbocycles. The second-order valence-corrected chi connectivity index (χ2v) is 9.76. The fourth-order valence-electron chi connectivity index (χ4n) is 3.32. The summed E-state index contributed by atoms with van der Waals surface area (Å²) in [6.07, 6.45) is 1.85. The number of carbonyl (C=O) groups is 2. The summed E-state index contributed by atoms with van der Waals surface area (Å²) in [7, 11) is -1.79. The number of rotatable bonds is 8. The number of para-hydroxylation sites is 1. The van der Waals surface area contributed by atoms with Crippen molar-refractivity contribution in [3.05, 3.63) is 90.0 Å². The molecule has 0 saturated heterocycles. The average molecular weight is 464 g/mol. The zero-order chi connectivity index (χ0) is 23.4. The summed E-state index contributed by atoms with van der Waals surface area (Å²) in [5.41, 5.74) is 2.58. The Hall–Kier alpha value is -3.49. The minimum Gasteiger partial charge on any atom is -0.326 e. The van der Waals surface area contributed by atoms with Gasteiger partial charge in [0.1, 0.15) is 0 Å². The topological polar surface area (TPSA) is 95.6 Å². The first kappa shape index (κ1) is 22.7. The predicted octanol–water partition coefficient (Wildman–Crippen LogP) is 3.59. The van der Waals surface area contributed by atoms with Gasteiger partial charge in [0, 0.05) is 30.0 Å². The molecule has 0 atom stereocenters. The van der Waals surface area contributed by atoms with E-state index in [2.05, 4.69) is 10.0 Å². The second-order valence-electron chi connectivity index (χ2n) is 8.04. The molecule has 1 fully saturated rings. The van der Waals surface area contributed by atoms with E-state index in [0.29, 0.717) is 16.8 Å². The number of benzene rings is 3. The molecule has 0 unspecified atom stereocenters. The molecule has 2 N–H and O–H groups in total. The molecule has 0 bridgehead atoms. The van der Waals surface area contributed by atoms with Crippen LogP contribution in [-0.2, 0) is 21.2 Å². The Balaban J connectivity index is 1.33. The number of nitrogens with zero attached hydrogens (tertiary/aromatic N) is 1. The van der Waals surface area contributed by atoms with Gasteiger partial charge in [-0.1, -0.05) is 30.3 Å². The van der Waals surface area contributed by atoms with Crippen LogP contribution in [0.5, 0.6) is 0 Å². The average Bonchev–Trinajstić information content (AvgIpc) is 3.63. The van der Waals surface area contributed by atoms with E-state index in [1.807, 2.05) is 30.3 Å². The SMILES string of the molecule is CN(C(=O)c1ccc(NC(=O)Cc2ccc(S(=O)(=O)NC3CC3)cc2)cc1)c1ccccc1. The van der Waals surface area contributed by atoms with Crippen LogP contribution in [0.25, 0.3) is 0 Å². The molecule has 4 rings (SSSR count). The number of sulfonamides is 1. The first-order chi connectivity index (χ1) is 15.8. The molecule has 0 aliphatic heterocycles. The van der Waals surface area contributed by atoms with E-state index in [0.717, 1.165) is 18.5 Å². The Morgan fingerprint density at radius 2 is 1.55 bits per heavy atom. The molecule has 1 aliphatic rings. The van der Waals surface area contributed by atoms with Crippen molar-refractivity contribution >= 4 is 33.2 Å². The molecular formula is C25H25N3O4S. The zero-order valence-corrected chi connectivity index (χ0v) is 19.0. The first-order valence-corrected chi connectivity index (χ1v) is 12.1. The van der Waals surface area contributed by atoms with Gasteiger partial charge in [-0.2, -0.15) is 0 Å². The quantitative estimate of drug-likeness (QED) is 0.534. The van der Waals surface area contributed by atoms with Gasteiger partial charge in [0.15, 0.2) is 0 Å². The van der Waals surface area contributed by atoms with Gasteiger partial charge in [0.05, 0.1) is 11.3 Å². The van der Waals surface area contributed by atoms with Gasteiger partial charge in [-0.15, -0.1) is 0 Å². The van der Waals surface area contributed by atoms with Crippen LogP contribution in [-0.4, -0.2) is 33.3 Å². The molecule has 2 amide bonds. The van der Waals surface area contributed by atoms with Gasteiger partial charge in [-0.25, -0.2) is 13.1 Å². The largest absolute Gasteiger partial charge is 0.326 e. The lowest BCUT2D eigenvalue weighted by atomic mass is 10.1. The predicted molar refractivity (Wildman–Crippen MR) is 128 cm³/mol. The third-order valence-electron chi connectivity index (χ3n) is 5.36. The molecule has 0 heterocycles. The third-order valence-corrected chi connectivity index (χ3v) is 6.90. The van der Waals surface area contributed by atoms with Gasteiger partial charge in [-0.05, 0) is 66.9 Å². The fourth-order valence-corrected chi connectivity index (χ4v) is 4.63. The highest BCUT2D eigenvalue weighted by atomic mass is 32.2. The Bertz CT molecular complexity index is 1240. The summed E-state index contributed by atoms with van der Waals surface area (Å²) in [6, 6.07) is 22.4. The van der Waals surface area contributed by atoms with E-state index < -0.39 is 10.0 Å². The lowest BCUT2D eigenvalue weighted by Crippen LogP contribution is -2.26. The van der Waals surface area contributed by atoms with Crippen LogP contribution in [0.15, 0.2) is 83.8 Å². The summed E-state index contributed by atoms with van der Waals surface area (Å²) in [5, 5.41) is 2.80. The monoisotopic (exact) mass is 463 g/mol. The van der Waals surface area contributed by atoms with Gasteiger partial charge in [-0.3, -0.25) is 9.59 Å². The van der Waals surface area contributed by atoms with Crippen LogP contribution in [0.4, 0.5) is 11.4 Å². The van der Waals surface area contributed by atoms with Crippen molar-refractivity contribution in [3.8, 4) is 0 Å². The molecule has 0 aromatic heterocycles. The molecule has 8 heteroatoms.